The van der Waals surface area contributed by atoms with E-state index in [0.29, 0.717) is 31.9 Å². The molecule has 3 rings (SSSR count). The molecule has 0 aromatic carbocycles. The molecule has 2 amide bonds. The summed E-state index contributed by atoms with van der Waals surface area (Å²) in [6.45, 7) is 5.21. The van der Waals surface area contributed by atoms with Gasteiger partial charge in [-0.15, -0.1) is 24.8 Å². The summed E-state index contributed by atoms with van der Waals surface area (Å²) in [5.74, 6) is -0.370. The third-order valence-electron chi connectivity index (χ3n) is 4.03. The Balaban J connectivity index is 0.00000182. The molecular formula is C17H24Cl2N6O2. The smallest absolute Gasteiger partial charge is 0.272 e. The summed E-state index contributed by atoms with van der Waals surface area (Å²) >= 11 is 0. The molecule has 1 aliphatic rings. The number of carbonyl (C=O) groups excluding carboxylic acids is 2. The van der Waals surface area contributed by atoms with E-state index in [-0.39, 0.29) is 36.6 Å². The number of pyridine rings is 1. The van der Waals surface area contributed by atoms with Crippen molar-refractivity contribution in [2.75, 3.05) is 6.54 Å². The monoisotopic (exact) mass is 414 g/mol. The summed E-state index contributed by atoms with van der Waals surface area (Å²) in [4.78, 5) is 30.5. The largest absolute Gasteiger partial charge is 0.345 e. The van der Waals surface area contributed by atoms with Crippen molar-refractivity contribution in [3.8, 4) is 0 Å². The number of nitrogens with one attached hydrogen (secondary N) is 1. The average Bonchev–Trinajstić information content (AvgIpc) is 3.02. The zero-order valence-corrected chi connectivity index (χ0v) is 16.8. The lowest BCUT2D eigenvalue weighted by molar-refractivity contribution is -0.137. The molecule has 3 N–H and O–H groups in total. The Bertz CT molecular complexity index is 788. The van der Waals surface area contributed by atoms with Gasteiger partial charge in [0, 0.05) is 12.7 Å². The van der Waals surface area contributed by atoms with E-state index in [1.54, 1.807) is 35.7 Å². The van der Waals surface area contributed by atoms with Crippen LogP contribution in [0, 0.1) is 0 Å². The number of fused-ring (bicyclic) bond motifs is 1. The van der Waals surface area contributed by atoms with Gasteiger partial charge in [-0.3, -0.25) is 19.3 Å². The molecule has 0 bridgehead atoms. The van der Waals surface area contributed by atoms with Crippen LogP contribution >= 0.6 is 24.8 Å². The van der Waals surface area contributed by atoms with Gasteiger partial charge in [-0.05, 0) is 32.0 Å². The third kappa shape index (κ3) is 5.41. The van der Waals surface area contributed by atoms with Gasteiger partial charge in [0.2, 0.25) is 5.91 Å². The van der Waals surface area contributed by atoms with Crippen LogP contribution in [0.4, 0.5) is 0 Å². The fourth-order valence-electron chi connectivity index (χ4n) is 2.72. The highest BCUT2D eigenvalue weighted by Crippen LogP contribution is 2.16. The van der Waals surface area contributed by atoms with Gasteiger partial charge < -0.3 is 16.0 Å². The maximum Gasteiger partial charge on any atom is 0.272 e. The second-order valence-electron chi connectivity index (χ2n) is 6.70. The normalized spacial score (nSPS) is 13.1. The Morgan fingerprint density at radius 1 is 1.26 bits per heavy atom. The molecule has 0 atom stereocenters. The SMILES string of the molecule is CC(C)(N)C(=O)N1CCn2nc(C(=O)NCc3ccccn3)cc2C1.Cl.Cl. The summed E-state index contributed by atoms with van der Waals surface area (Å²) in [7, 11) is 0. The highest BCUT2D eigenvalue weighted by Gasteiger charge is 2.31. The van der Waals surface area contributed by atoms with Crippen LogP contribution in [0.2, 0.25) is 0 Å². The van der Waals surface area contributed by atoms with Crippen molar-refractivity contribution in [1.29, 1.82) is 0 Å². The Kier molecular flexibility index (Phi) is 7.77. The van der Waals surface area contributed by atoms with Gasteiger partial charge in [-0.2, -0.15) is 5.10 Å². The van der Waals surface area contributed by atoms with Gasteiger partial charge in [0.15, 0.2) is 5.69 Å². The van der Waals surface area contributed by atoms with Crippen molar-refractivity contribution in [2.45, 2.75) is 39.0 Å². The number of hydrogen-bond acceptors (Lipinski definition) is 5. The van der Waals surface area contributed by atoms with Crippen LogP contribution in [0.25, 0.3) is 0 Å². The summed E-state index contributed by atoms with van der Waals surface area (Å²) in [5, 5.41) is 7.14. The van der Waals surface area contributed by atoms with Gasteiger partial charge in [0.1, 0.15) is 0 Å². The molecule has 0 saturated carbocycles. The van der Waals surface area contributed by atoms with Crippen molar-refractivity contribution in [2.24, 2.45) is 5.73 Å². The number of hydrogen-bond donors (Lipinski definition) is 2. The maximum atomic E-state index is 12.3. The van der Waals surface area contributed by atoms with Crippen LogP contribution in [0.15, 0.2) is 30.5 Å². The Morgan fingerprint density at radius 3 is 2.63 bits per heavy atom. The Labute approximate surface area is 170 Å². The first-order valence-corrected chi connectivity index (χ1v) is 8.17. The number of nitrogens with two attached hydrogens (primary N) is 1. The lowest BCUT2D eigenvalue weighted by Crippen LogP contribution is -2.52. The zero-order chi connectivity index (χ0) is 18.0. The minimum Gasteiger partial charge on any atom is -0.345 e. The maximum absolute atomic E-state index is 12.3. The van der Waals surface area contributed by atoms with E-state index in [0.717, 1.165) is 11.4 Å². The fourth-order valence-corrected chi connectivity index (χ4v) is 2.72. The average molecular weight is 415 g/mol. The molecule has 2 aromatic heterocycles. The van der Waals surface area contributed by atoms with Crippen LogP contribution in [-0.2, 0) is 24.4 Å². The molecule has 3 heterocycles. The number of aromatic nitrogens is 3. The molecule has 2 aromatic rings. The minimum atomic E-state index is -0.912. The van der Waals surface area contributed by atoms with Gasteiger partial charge >= 0.3 is 0 Å². The topological polar surface area (TPSA) is 106 Å². The Hall–Kier alpha value is -2.16. The predicted molar refractivity (Wildman–Crippen MR) is 106 cm³/mol. The number of rotatable bonds is 4. The molecule has 27 heavy (non-hydrogen) atoms. The predicted octanol–water partition coefficient (Wildman–Crippen LogP) is 1.13. The standard InChI is InChI=1S/C17H22N6O2.2ClH/c1-17(2,18)16(25)22-7-8-23-13(11-22)9-14(21-23)15(24)20-10-12-5-3-4-6-19-12;;/h3-6,9H,7-8,10-11,18H2,1-2H3,(H,20,24);2*1H. The van der Waals surface area contributed by atoms with E-state index in [4.69, 9.17) is 5.73 Å². The summed E-state index contributed by atoms with van der Waals surface area (Å²) in [6, 6.07) is 7.26. The lowest BCUT2D eigenvalue weighted by Gasteiger charge is -2.32. The lowest BCUT2D eigenvalue weighted by atomic mass is 10.0. The minimum absolute atomic E-state index is 0. The summed E-state index contributed by atoms with van der Waals surface area (Å²) in [5.41, 5.74) is 6.93. The molecular weight excluding hydrogens is 391 g/mol. The first-order valence-electron chi connectivity index (χ1n) is 8.17. The van der Waals surface area contributed by atoms with Crippen LogP contribution in [0.3, 0.4) is 0 Å². The molecule has 10 heteroatoms. The first-order chi connectivity index (χ1) is 11.8. The van der Waals surface area contributed by atoms with Crippen LogP contribution < -0.4 is 11.1 Å². The van der Waals surface area contributed by atoms with Crippen molar-refractivity contribution >= 4 is 36.6 Å². The van der Waals surface area contributed by atoms with Gasteiger partial charge in [0.05, 0.1) is 36.6 Å². The van der Waals surface area contributed by atoms with E-state index >= 15 is 0 Å². The molecule has 8 nitrogen and oxygen atoms in total. The molecule has 0 radical (unpaired) electrons. The van der Waals surface area contributed by atoms with Crippen molar-refractivity contribution in [3.05, 3.63) is 47.5 Å². The highest BCUT2D eigenvalue weighted by molar-refractivity contribution is 5.92. The van der Waals surface area contributed by atoms with E-state index in [1.165, 1.54) is 0 Å². The second kappa shape index (κ2) is 9.16. The van der Waals surface area contributed by atoms with E-state index in [1.807, 2.05) is 18.2 Å². The van der Waals surface area contributed by atoms with Crippen molar-refractivity contribution in [3.63, 3.8) is 0 Å². The van der Waals surface area contributed by atoms with Crippen LogP contribution in [0.5, 0.6) is 0 Å². The van der Waals surface area contributed by atoms with Crippen molar-refractivity contribution < 1.29 is 9.59 Å². The van der Waals surface area contributed by atoms with Crippen LogP contribution in [-0.4, -0.2) is 43.6 Å². The second-order valence-corrected chi connectivity index (χ2v) is 6.70. The molecule has 1 aliphatic heterocycles. The number of halogens is 2. The number of carbonyl (C=O) groups is 2. The molecule has 0 spiro atoms. The first kappa shape index (κ1) is 22.9. The van der Waals surface area contributed by atoms with Gasteiger partial charge in [-0.1, -0.05) is 6.07 Å². The number of amides is 2. The summed E-state index contributed by atoms with van der Waals surface area (Å²) < 4.78 is 1.77. The quantitative estimate of drug-likeness (QED) is 0.779. The van der Waals surface area contributed by atoms with Crippen molar-refractivity contribution in [1.82, 2.24) is 25.0 Å². The highest BCUT2D eigenvalue weighted by atomic mass is 35.5. The molecule has 148 valence electrons. The Morgan fingerprint density at radius 2 is 2.00 bits per heavy atom. The fraction of sp³-hybridized carbons (Fsp3) is 0.412. The molecule has 0 aliphatic carbocycles. The van der Waals surface area contributed by atoms with Gasteiger partial charge in [0.25, 0.3) is 5.91 Å². The van der Waals surface area contributed by atoms with E-state index in [9.17, 15) is 9.59 Å². The molecule has 0 saturated heterocycles. The van der Waals surface area contributed by atoms with E-state index in [2.05, 4.69) is 15.4 Å². The van der Waals surface area contributed by atoms with Crippen LogP contribution in [0.1, 0.15) is 35.7 Å². The third-order valence-corrected chi connectivity index (χ3v) is 4.03. The van der Waals surface area contributed by atoms with Gasteiger partial charge in [-0.25, -0.2) is 0 Å². The number of nitrogens with zero attached hydrogens (tertiary/aromatic N) is 4. The molecule has 0 unspecified atom stereocenters. The zero-order valence-electron chi connectivity index (χ0n) is 15.2. The molecule has 0 fully saturated rings. The summed E-state index contributed by atoms with van der Waals surface area (Å²) in [6.07, 6.45) is 1.68. The van der Waals surface area contributed by atoms with E-state index < -0.39 is 5.54 Å².